The van der Waals surface area contributed by atoms with Crippen LogP contribution in [0.4, 0.5) is 0 Å². The van der Waals surface area contributed by atoms with Crippen LogP contribution in [-0.4, -0.2) is 18.6 Å². The summed E-state index contributed by atoms with van der Waals surface area (Å²) in [7, 11) is 1.95. The summed E-state index contributed by atoms with van der Waals surface area (Å²) in [4.78, 5) is 4.71. The minimum absolute atomic E-state index is 0.520. The van der Waals surface area contributed by atoms with Crippen LogP contribution < -0.4 is 10.1 Å². The lowest BCUT2D eigenvalue weighted by atomic mass is 10.1. The van der Waals surface area contributed by atoms with Gasteiger partial charge in [0.2, 0.25) is 0 Å². The predicted molar refractivity (Wildman–Crippen MR) is 101 cm³/mol. The Bertz CT molecular complexity index is 789. The van der Waals surface area contributed by atoms with Crippen molar-refractivity contribution in [2.75, 3.05) is 13.6 Å². The van der Waals surface area contributed by atoms with Crippen molar-refractivity contribution >= 4 is 22.9 Å². The maximum atomic E-state index is 6.18. The number of likely N-dealkylation sites (N-methyl/N-ethyl adjacent to an activating group) is 1. The third kappa shape index (κ3) is 4.35. The van der Waals surface area contributed by atoms with Crippen LogP contribution in [0.15, 0.2) is 53.9 Å². The lowest BCUT2D eigenvalue weighted by molar-refractivity contribution is 0.307. The number of benzene rings is 2. The minimum atomic E-state index is 0.520. The Labute approximate surface area is 151 Å². The van der Waals surface area contributed by atoms with Gasteiger partial charge < -0.3 is 10.1 Å². The number of hydrogen-bond acceptors (Lipinski definition) is 4. The zero-order chi connectivity index (χ0) is 16.8. The molecule has 2 aromatic carbocycles. The van der Waals surface area contributed by atoms with Gasteiger partial charge in [-0.05, 0) is 30.8 Å². The van der Waals surface area contributed by atoms with E-state index in [4.69, 9.17) is 21.3 Å². The SMILES string of the molecule is CNCCc1nc(-c2cc(Cl)ccc2OCc2ccccc2)cs1. The summed E-state index contributed by atoms with van der Waals surface area (Å²) >= 11 is 7.85. The fourth-order valence-electron chi connectivity index (χ4n) is 2.34. The van der Waals surface area contributed by atoms with Crippen molar-refractivity contribution in [3.8, 4) is 17.0 Å². The first kappa shape index (κ1) is 17.0. The first-order valence-electron chi connectivity index (χ1n) is 7.82. The fourth-order valence-corrected chi connectivity index (χ4v) is 3.32. The lowest BCUT2D eigenvalue weighted by Gasteiger charge is -2.11. The maximum absolute atomic E-state index is 6.18. The molecule has 124 valence electrons. The van der Waals surface area contributed by atoms with Gasteiger partial charge in [0.15, 0.2) is 0 Å². The molecule has 0 saturated heterocycles. The summed E-state index contributed by atoms with van der Waals surface area (Å²) in [6.07, 6.45) is 0.919. The minimum Gasteiger partial charge on any atom is -0.488 e. The van der Waals surface area contributed by atoms with Crippen molar-refractivity contribution in [3.05, 3.63) is 69.5 Å². The Morgan fingerprint density at radius 1 is 1.17 bits per heavy atom. The van der Waals surface area contributed by atoms with Crippen molar-refractivity contribution in [1.82, 2.24) is 10.3 Å². The van der Waals surface area contributed by atoms with Gasteiger partial charge in [-0.15, -0.1) is 11.3 Å². The zero-order valence-corrected chi connectivity index (χ0v) is 15.0. The molecule has 0 fully saturated rings. The zero-order valence-electron chi connectivity index (χ0n) is 13.5. The molecule has 0 aliphatic carbocycles. The summed E-state index contributed by atoms with van der Waals surface area (Å²) in [5.74, 6) is 0.800. The van der Waals surface area contributed by atoms with E-state index in [2.05, 4.69) is 10.7 Å². The van der Waals surface area contributed by atoms with Crippen LogP contribution in [0.25, 0.3) is 11.3 Å². The van der Waals surface area contributed by atoms with E-state index < -0.39 is 0 Å². The highest BCUT2D eigenvalue weighted by Gasteiger charge is 2.11. The third-order valence-electron chi connectivity index (χ3n) is 3.60. The molecule has 0 radical (unpaired) electrons. The van der Waals surface area contributed by atoms with Gasteiger partial charge in [0.1, 0.15) is 12.4 Å². The molecule has 5 heteroatoms. The van der Waals surface area contributed by atoms with Gasteiger partial charge in [0.05, 0.1) is 10.7 Å². The second kappa shape index (κ2) is 8.29. The number of ether oxygens (including phenoxy) is 1. The molecule has 3 aromatic rings. The molecule has 0 amide bonds. The topological polar surface area (TPSA) is 34.2 Å². The van der Waals surface area contributed by atoms with Gasteiger partial charge in [-0.2, -0.15) is 0 Å². The third-order valence-corrected chi connectivity index (χ3v) is 4.74. The number of thiazole rings is 1. The van der Waals surface area contributed by atoms with Crippen molar-refractivity contribution in [2.24, 2.45) is 0 Å². The monoisotopic (exact) mass is 358 g/mol. The molecule has 1 aromatic heterocycles. The molecule has 3 nitrogen and oxygen atoms in total. The molecule has 0 atom stereocenters. The molecule has 3 rings (SSSR count). The molecule has 0 aliphatic heterocycles. The van der Waals surface area contributed by atoms with Gasteiger partial charge in [-0.3, -0.25) is 0 Å². The second-order valence-corrected chi connectivity index (χ2v) is 6.77. The second-order valence-electron chi connectivity index (χ2n) is 5.39. The van der Waals surface area contributed by atoms with E-state index in [0.29, 0.717) is 11.6 Å². The molecule has 0 saturated carbocycles. The normalized spacial score (nSPS) is 10.8. The quantitative estimate of drug-likeness (QED) is 0.658. The summed E-state index contributed by atoms with van der Waals surface area (Å²) in [5.41, 5.74) is 2.98. The van der Waals surface area contributed by atoms with E-state index >= 15 is 0 Å². The van der Waals surface area contributed by atoms with Crippen molar-refractivity contribution < 1.29 is 4.74 Å². The Hall–Kier alpha value is -1.88. The van der Waals surface area contributed by atoms with Crippen LogP contribution in [-0.2, 0) is 13.0 Å². The van der Waals surface area contributed by atoms with Crippen LogP contribution in [0.3, 0.4) is 0 Å². The first-order valence-corrected chi connectivity index (χ1v) is 9.07. The van der Waals surface area contributed by atoms with E-state index in [1.807, 2.05) is 55.6 Å². The van der Waals surface area contributed by atoms with Gasteiger partial charge in [0, 0.05) is 28.9 Å². The van der Waals surface area contributed by atoms with Crippen LogP contribution in [0.2, 0.25) is 5.02 Å². The smallest absolute Gasteiger partial charge is 0.129 e. The van der Waals surface area contributed by atoms with E-state index in [1.165, 1.54) is 0 Å². The van der Waals surface area contributed by atoms with Gasteiger partial charge in [-0.25, -0.2) is 4.98 Å². The first-order chi connectivity index (χ1) is 11.8. The van der Waals surface area contributed by atoms with Gasteiger partial charge >= 0.3 is 0 Å². The molecular formula is C19H19ClN2OS. The summed E-state index contributed by atoms with van der Waals surface area (Å²) in [5, 5.41) is 6.99. The summed E-state index contributed by atoms with van der Waals surface area (Å²) in [6, 6.07) is 15.8. The van der Waals surface area contributed by atoms with E-state index in [1.54, 1.807) is 11.3 Å². The molecule has 1 N–H and O–H groups in total. The molecule has 0 bridgehead atoms. The van der Waals surface area contributed by atoms with Gasteiger partial charge in [0.25, 0.3) is 0 Å². The highest BCUT2D eigenvalue weighted by Crippen LogP contribution is 2.33. The summed E-state index contributed by atoms with van der Waals surface area (Å²) in [6.45, 7) is 1.44. The summed E-state index contributed by atoms with van der Waals surface area (Å²) < 4.78 is 6.02. The van der Waals surface area contributed by atoms with E-state index in [0.717, 1.165) is 40.5 Å². The number of hydrogen-bond donors (Lipinski definition) is 1. The number of aromatic nitrogens is 1. The molecule has 0 aliphatic rings. The lowest BCUT2D eigenvalue weighted by Crippen LogP contribution is -2.09. The Morgan fingerprint density at radius 3 is 2.79 bits per heavy atom. The van der Waals surface area contributed by atoms with Crippen LogP contribution >= 0.6 is 22.9 Å². The van der Waals surface area contributed by atoms with Crippen LogP contribution in [0.5, 0.6) is 5.75 Å². The average molecular weight is 359 g/mol. The molecular weight excluding hydrogens is 340 g/mol. The Kier molecular flexibility index (Phi) is 5.86. The van der Waals surface area contributed by atoms with Gasteiger partial charge in [-0.1, -0.05) is 41.9 Å². The van der Waals surface area contributed by atoms with Crippen molar-refractivity contribution in [1.29, 1.82) is 0 Å². The average Bonchev–Trinajstić information content (AvgIpc) is 3.08. The fraction of sp³-hybridized carbons (Fsp3) is 0.211. The molecule has 0 unspecified atom stereocenters. The molecule has 1 heterocycles. The van der Waals surface area contributed by atoms with Crippen molar-refractivity contribution in [2.45, 2.75) is 13.0 Å². The largest absolute Gasteiger partial charge is 0.488 e. The van der Waals surface area contributed by atoms with Crippen molar-refractivity contribution in [3.63, 3.8) is 0 Å². The molecule has 24 heavy (non-hydrogen) atoms. The predicted octanol–water partition coefficient (Wildman–Crippen LogP) is 4.80. The number of nitrogens with one attached hydrogen (secondary N) is 1. The Morgan fingerprint density at radius 2 is 2.00 bits per heavy atom. The molecule has 0 spiro atoms. The highest BCUT2D eigenvalue weighted by atomic mass is 35.5. The van der Waals surface area contributed by atoms with Crippen LogP contribution in [0.1, 0.15) is 10.6 Å². The standard InChI is InChI=1S/C19H19ClN2OS/c1-21-10-9-19-22-17(13-24-19)16-11-15(20)7-8-18(16)23-12-14-5-3-2-4-6-14/h2-8,11,13,21H,9-10,12H2,1H3. The van der Waals surface area contributed by atoms with E-state index in [9.17, 15) is 0 Å². The highest BCUT2D eigenvalue weighted by molar-refractivity contribution is 7.09. The maximum Gasteiger partial charge on any atom is 0.129 e. The number of nitrogens with zero attached hydrogens (tertiary/aromatic N) is 1. The van der Waals surface area contributed by atoms with Crippen LogP contribution in [0, 0.1) is 0 Å². The number of rotatable bonds is 7. The van der Waals surface area contributed by atoms with E-state index in [-0.39, 0.29) is 0 Å². The Balaban J connectivity index is 1.81. The number of halogens is 1.